The predicted molar refractivity (Wildman–Crippen MR) is 105 cm³/mol. The average Bonchev–Trinajstić information content (AvgIpc) is 2.64. The molecule has 0 aromatic heterocycles. The van der Waals surface area contributed by atoms with Gasteiger partial charge in [0, 0.05) is 38.5 Å². The van der Waals surface area contributed by atoms with Gasteiger partial charge in [0.15, 0.2) is 5.78 Å². The van der Waals surface area contributed by atoms with Crippen molar-refractivity contribution in [2.75, 3.05) is 24.9 Å². The molecule has 0 aliphatic carbocycles. The lowest BCUT2D eigenvalue weighted by atomic mass is 10.1. The van der Waals surface area contributed by atoms with Crippen LogP contribution in [0.15, 0.2) is 71.8 Å². The molecule has 2 rings (SSSR count). The van der Waals surface area contributed by atoms with Gasteiger partial charge in [-0.05, 0) is 30.7 Å². The van der Waals surface area contributed by atoms with E-state index in [-0.39, 0.29) is 10.7 Å². The second-order valence-electron chi connectivity index (χ2n) is 6.08. The first-order chi connectivity index (χ1) is 12.4. The van der Waals surface area contributed by atoms with Crippen LogP contribution < -0.4 is 4.31 Å². The number of carbonyl (C=O) groups excluding carboxylic acids is 1. The van der Waals surface area contributed by atoms with Crippen LogP contribution in [0.3, 0.4) is 0 Å². The Bertz CT molecular complexity index is 875. The second-order valence-corrected chi connectivity index (χ2v) is 7.95. The van der Waals surface area contributed by atoms with E-state index < -0.39 is 10.0 Å². The monoisotopic (exact) mass is 372 g/mol. The zero-order valence-electron chi connectivity index (χ0n) is 15.3. The lowest BCUT2D eigenvalue weighted by molar-refractivity contribution is 0.104. The maximum atomic E-state index is 13.0. The van der Waals surface area contributed by atoms with Crippen LogP contribution in [0.4, 0.5) is 5.69 Å². The van der Waals surface area contributed by atoms with Crippen molar-refractivity contribution in [2.24, 2.45) is 0 Å². The van der Waals surface area contributed by atoms with Gasteiger partial charge in [-0.15, -0.1) is 0 Å². The average molecular weight is 372 g/mol. The third-order valence-corrected chi connectivity index (χ3v) is 5.54. The number of sulfonamides is 1. The van der Waals surface area contributed by atoms with Gasteiger partial charge in [-0.3, -0.25) is 9.10 Å². The number of benzene rings is 2. The molecule has 138 valence electrons. The highest BCUT2D eigenvalue weighted by Crippen LogP contribution is 2.25. The number of hydrogen-bond acceptors (Lipinski definition) is 4. The molecule has 0 aliphatic heterocycles. The molecule has 2 aromatic carbocycles. The van der Waals surface area contributed by atoms with E-state index in [9.17, 15) is 13.2 Å². The van der Waals surface area contributed by atoms with Crippen LogP contribution in [0.5, 0.6) is 0 Å². The molecule has 6 heteroatoms. The SMILES string of the molecule is CCCN(c1cccc(C(=O)C=CN(C)C)c1)S(=O)(=O)c1ccccc1. The molecule has 0 N–H and O–H groups in total. The number of allylic oxidation sites excluding steroid dienone is 1. The highest BCUT2D eigenvalue weighted by Gasteiger charge is 2.24. The van der Waals surface area contributed by atoms with E-state index in [0.29, 0.717) is 24.2 Å². The van der Waals surface area contributed by atoms with Gasteiger partial charge in [0.25, 0.3) is 10.0 Å². The lowest BCUT2D eigenvalue weighted by Gasteiger charge is -2.24. The van der Waals surface area contributed by atoms with Crippen molar-refractivity contribution in [2.45, 2.75) is 18.2 Å². The molecule has 0 saturated heterocycles. The number of rotatable bonds is 8. The standard InChI is InChI=1S/C20H24N2O3S/c1-4-14-22(26(24,25)19-11-6-5-7-12-19)18-10-8-9-17(16-18)20(23)13-15-21(2)3/h5-13,15-16H,4,14H2,1-3H3. The number of hydrogen-bond donors (Lipinski definition) is 0. The molecule has 5 nitrogen and oxygen atoms in total. The highest BCUT2D eigenvalue weighted by molar-refractivity contribution is 7.92. The zero-order valence-corrected chi connectivity index (χ0v) is 16.1. The Morgan fingerprint density at radius 1 is 1.04 bits per heavy atom. The zero-order chi connectivity index (χ0) is 19.2. The van der Waals surface area contributed by atoms with Crippen LogP contribution in [-0.4, -0.2) is 39.7 Å². The van der Waals surface area contributed by atoms with Crippen LogP contribution in [-0.2, 0) is 10.0 Å². The molecular formula is C20H24N2O3S. The van der Waals surface area contributed by atoms with Gasteiger partial charge >= 0.3 is 0 Å². The first-order valence-corrected chi connectivity index (χ1v) is 9.87. The van der Waals surface area contributed by atoms with Crippen LogP contribution in [0.1, 0.15) is 23.7 Å². The van der Waals surface area contributed by atoms with Crippen molar-refractivity contribution in [3.8, 4) is 0 Å². The van der Waals surface area contributed by atoms with Crippen molar-refractivity contribution in [3.63, 3.8) is 0 Å². The van der Waals surface area contributed by atoms with Crippen LogP contribution in [0, 0.1) is 0 Å². The summed E-state index contributed by atoms with van der Waals surface area (Å²) in [5, 5.41) is 0. The molecule has 0 saturated carbocycles. The maximum absolute atomic E-state index is 13.0. The summed E-state index contributed by atoms with van der Waals surface area (Å²) in [6.45, 7) is 2.25. The summed E-state index contributed by atoms with van der Waals surface area (Å²) in [6, 6.07) is 15.0. The Balaban J connectivity index is 2.42. The van der Waals surface area contributed by atoms with Crippen molar-refractivity contribution in [1.82, 2.24) is 4.90 Å². The van der Waals surface area contributed by atoms with Gasteiger partial charge in [-0.2, -0.15) is 0 Å². The molecule has 0 heterocycles. The molecule has 0 spiro atoms. The topological polar surface area (TPSA) is 57.7 Å². The Hall–Kier alpha value is -2.60. The summed E-state index contributed by atoms with van der Waals surface area (Å²) in [5.41, 5.74) is 0.935. The fourth-order valence-corrected chi connectivity index (χ4v) is 4.01. The van der Waals surface area contributed by atoms with Crippen LogP contribution >= 0.6 is 0 Å². The molecule has 0 radical (unpaired) electrons. The summed E-state index contributed by atoms with van der Waals surface area (Å²) in [6.07, 6.45) is 3.79. The van der Waals surface area contributed by atoms with Crippen molar-refractivity contribution >= 4 is 21.5 Å². The molecule has 2 aromatic rings. The van der Waals surface area contributed by atoms with E-state index in [1.807, 2.05) is 21.0 Å². The molecule has 0 unspecified atom stereocenters. The van der Waals surface area contributed by atoms with E-state index in [1.165, 1.54) is 10.4 Å². The summed E-state index contributed by atoms with van der Waals surface area (Å²) < 4.78 is 27.4. The third kappa shape index (κ3) is 4.73. The number of ketones is 1. The Morgan fingerprint density at radius 2 is 1.73 bits per heavy atom. The number of anilines is 1. The Labute approximate surface area is 155 Å². The van der Waals surface area contributed by atoms with Gasteiger partial charge in [0.05, 0.1) is 10.6 Å². The van der Waals surface area contributed by atoms with E-state index >= 15 is 0 Å². The number of nitrogens with zero attached hydrogens (tertiary/aromatic N) is 2. The summed E-state index contributed by atoms with van der Waals surface area (Å²) in [4.78, 5) is 14.3. The predicted octanol–water partition coefficient (Wildman–Crippen LogP) is 3.55. The second kappa shape index (κ2) is 8.67. The van der Waals surface area contributed by atoms with Crippen molar-refractivity contribution in [1.29, 1.82) is 0 Å². The molecule has 26 heavy (non-hydrogen) atoms. The Kier molecular flexibility index (Phi) is 6.58. The minimum Gasteiger partial charge on any atom is -0.383 e. The molecule has 0 atom stereocenters. The largest absolute Gasteiger partial charge is 0.383 e. The van der Waals surface area contributed by atoms with Gasteiger partial charge in [-0.1, -0.05) is 37.3 Å². The quantitative estimate of drug-likeness (QED) is 0.525. The Morgan fingerprint density at radius 3 is 2.35 bits per heavy atom. The minimum absolute atomic E-state index is 0.172. The van der Waals surface area contributed by atoms with Gasteiger partial charge in [-0.25, -0.2) is 8.42 Å². The third-order valence-electron chi connectivity index (χ3n) is 3.70. The van der Waals surface area contributed by atoms with Gasteiger partial charge in [0.2, 0.25) is 0 Å². The fraction of sp³-hybridized carbons (Fsp3) is 0.250. The van der Waals surface area contributed by atoms with E-state index in [0.717, 1.165) is 0 Å². The molecule has 0 amide bonds. The van der Waals surface area contributed by atoms with Gasteiger partial charge in [0.1, 0.15) is 0 Å². The summed E-state index contributed by atoms with van der Waals surface area (Å²) in [7, 11) is -0.0307. The normalized spacial score (nSPS) is 11.5. The van der Waals surface area contributed by atoms with Crippen LogP contribution in [0.2, 0.25) is 0 Å². The molecular weight excluding hydrogens is 348 g/mol. The smallest absolute Gasteiger partial charge is 0.264 e. The molecule has 0 bridgehead atoms. The first kappa shape index (κ1) is 19.7. The summed E-state index contributed by atoms with van der Waals surface area (Å²) >= 11 is 0. The van der Waals surface area contributed by atoms with E-state index in [1.54, 1.807) is 65.7 Å². The molecule has 0 aliphatic rings. The lowest BCUT2D eigenvalue weighted by Crippen LogP contribution is -2.31. The highest BCUT2D eigenvalue weighted by atomic mass is 32.2. The van der Waals surface area contributed by atoms with E-state index in [2.05, 4.69) is 0 Å². The van der Waals surface area contributed by atoms with Crippen molar-refractivity contribution < 1.29 is 13.2 Å². The first-order valence-electron chi connectivity index (χ1n) is 8.43. The van der Waals surface area contributed by atoms with Gasteiger partial charge < -0.3 is 4.90 Å². The number of carbonyl (C=O) groups is 1. The van der Waals surface area contributed by atoms with Crippen molar-refractivity contribution in [3.05, 3.63) is 72.4 Å². The molecule has 0 fully saturated rings. The fourth-order valence-electron chi connectivity index (χ4n) is 2.44. The minimum atomic E-state index is -3.69. The summed E-state index contributed by atoms with van der Waals surface area (Å²) in [5.74, 6) is -0.172. The van der Waals surface area contributed by atoms with Crippen LogP contribution in [0.25, 0.3) is 0 Å². The maximum Gasteiger partial charge on any atom is 0.264 e. The van der Waals surface area contributed by atoms with E-state index in [4.69, 9.17) is 0 Å².